The first-order valence-corrected chi connectivity index (χ1v) is 8.99. The Morgan fingerprint density at radius 3 is 2.55 bits per heavy atom. The van der Waals surface area contributed by atoms with E-state index in [0.717, 1.165) is 5.56 Å². The van der Waals surface area contributed by atoms with Crippen molar-refractivity contribution in [1.29, 1.82) is 0 Å². The summed E-state index contributed by atoms with van der Waals surface area (Å²) in [5, 5.41) is 39.0. The zero-order valence-electron chi connectivity index (χ0n) is 15.9. The van der Waals surface area contributed by atoms with Crippen molar-refractivity contribution < 1.29 is 25.2 Å². The molecule has 0 amide bonds. The highest BCUT2D eigenvalue weighted by Crippen LogP contribution is 2.28. The highest BCUT2D eigenvalue weighted by atomic mass is 16.5. The summed E-state index contributed by atoms with van der Waals surface area (Å²) in [7, 11) is 0. The number of benzene rings is 1. The van der Waals surface area contributed by atoms with E-state index in [1.54, 1.807) is 19.1 Å². The van der Waals surface area contributed by atoms with Gasteiger partial charge in [-0.15, -0.1) is 0 Å². The van der Waals surface area contributed by atoms with Crippen LogP contribution >= 0.6 is 0 Å². The lowest BCUT2D eigenvalue weighted by Gasteiger charge is -2.25. The lowest BCUT2D eigenvalue weighted by Crippen LogP contribution is -2.42. The fourth-order valence-electron chi connectivity index (χ4n) is 3.08. The molecule has 1 aromatic rings. The molecule has 0 fully saturated rings. The SMILES string of the molecule is CCOc1cc2c(cc1C)nc1c(=O)[nH]c(=O)nc-1n2CC(O)C(O)C(O)CO. The van der Waals surface area contributed by atoms with Crippen LogP contribution < -0.4 is 16.0 Å². The minimum Gasteiger partial charge on any atom is -0.494 e. The maximum atomic E-state index is 12.2. The number of H-pyrrole nitrogens is 1. The highest BCUT2D eigenvalue weighted by Gasteiger charge is 2.27. The van der Waals surface area contributed by atoms with E-state index in [1.807, 2.05) is 11.9 Å². The Morgan fingerprint density at radius 2 is 1.90 bits per heavy atom. The molecule has 2 aliphatic heterocycles. The average molecular weight is 406 g/mol. The van der Waals surface area contributed by atoms with Crippen molar-refractivity contribution in [2.45, 2.75) is 38.7 Å². The lowest BCUT2D eigenvalue weighted by atomic mass is 10.1. The van der Waals surface area contributed by atoms with Gasteiger partial charge in [-0.3, -0.25) is 9.78 Å². The molecule has 3 atom stereocenters. The molecule has 0 aromatic heterocycles. The van der Waals surface area contributed by atoms with Gasteiger partial charge < -0.3 is 29.7 Å². The number of aryl methyl sites for hydroxylation is 1. The predicted octanol–water partition coefficient (Wildman–Crippen LogP) is -1.63. The van der Waals surface area contributed by atoms with Gasteiger partial charge in [-0.25, -0.2) is 9.78 Å². The van der Waals surface area contributed by atoms with Gasteiger partial charge >= 0.3 is 5.69 Å². The Bertz CT molecular complexity index is 1110. The molecule has 0 saturated heterocycles. The molecule has 0 saturated carbocycles. The van der Waals surface area contributed by atoms with E-state index in [0.29, 0.717) is 23.4 Å². The third-order valence-electron chi connectivity index (χ3n) is 4.55. The molecule has 156 valence electrons. The summed E-state index contributed by atoms with van der Waals surface area (Å²) in [6.45, 7) is 2.94. The van der Waals surface area contributed by atoms with Gasteiger partial charge in [0.15, 0.2) is 11.5 Å². The van der Waals surface area contributed by atoms with Crippen molar-refractivity contribution in [3.8, 4) is 17.3 Å². The van der Waals surface area contributed by atoms with Crippen molar-refractivity contribution >= 4 is 11.0 Å². The first kappa shape index (κ1) is 20.9. The molecule has 1 aromatic carbocycles. The Kier molecular flexibility index (Phi) is 5.94. The van der Waals surface area contributed by atoms with Crippen LogP contribution in [0.15, 0.2) is 21.7 Å². The summed E-state index contributed by atoms with van der Waals surface area (Å²) in [6.07, 6.45) is -4.78. The highest BCUT2D eigenvalue weighted by molar-refractivity contribution is 5.82. The molecule has 11 heteroatoms. The molecule has 29 heavy (non-hydrogen) atoms. The summed E-state index contributed by atoms with van der Waals surface area (Å²) in [5.41, 5.74) is -0.209. The van der Waals surface area contributed by atoms with Crippen LogP contribution in [0.5, 0.6) is 5.75 Å². The fourth-order valence-corrected chi connectivity index (χ4v) is 3.08. The predicted molar refractivity (Wildman–Crippen MR) is 102 cm³/mol. The van der Waals surface area contributed by atoms with E-state index in [4.69, 9.17) is 9.84 Å². The second kappa shape index (κ2) is 8.25. The monoisotopic (exact) mass is 406 g/mol. The van der Waals surface area contributed by atoms with Crippen molar-refractivity contribution in [2.75, 3.05) is 13.2 Å². The van der Waals surface area contributed by atoms with Gasteiger partial charge in [-0.1, -0.05) is 0 Å². The summed E-state index contributed by atoms with van der Waals surface area (Å²) in [5.74, 6) is 0.440. The molecular weight excluding hydrogens is 384 g/mol. The number of nitrogens with one attached hydrogen (secondary N) is 1. The summed E-state index contributed by atoms with van der Waals surface area (Å²) in [4.78, 5) is 34.2. The Balaban J connectivity index is 2.28. The minimum absolute atomic E-state index is 0.0951. The third-order valence-corrected chi connectivity index (χ3v) is 4.55. The average Bonchev–Trinajstić information content (AvgIpc) is 2.68. The molecule has 2 heterocycles. The minimum atomic E-state index is -1.67. The number of aromatic nitrogens is 4. The molecule has 0 aliphatic carbocycles. The Labute approximate surface area is 164 Å². The van der Waals surface area contributed by atoms with Gasteiger partial charge in [0.1, 0.15) is 24.1 Å². The Hall–Kier alpha value is -2.86. The number of hydrogen-bond donors (Lipinski definition) is 5. The van der Waals surface area contributed by atoms with Crippen LogP contribution in [-0.2, 0) is 6.54 Å². The number of aromatic amines is 1. The van der Waals surface area contributed by atoms with Gasteiger partial charge in [0, 0.05) is 6.07 Å². The van der Waals surface area contributed by atoms with Crippen LogP contribution in [0.4, 0.5) is 0 Å². The normalized spacial score (nSPS) is 14.8. The quantitative estimate of drug-likeness (QED) is 0.289. The summed E-state index contributed by atoms with van der Waals surface area (Å²) in [6, 6.07) is 3.32. The van der Waals surface area contributed by atoms with E-state index >= 15 is 0 Å². The Morgan fingerprint density at radius 1 is 1.17 bits per heavy atom. The van der Waals surface area contributed by atoms with Crippen LogP contribution in [-0.4, -0.2) is 71.5 Å². The maximum absolute atomic E-state index is 12.2. The summed E-state index contributed by atoms with van der Waals surface area (Å²) >= 11 is 0. The van der Waals surface area contributed by atoms with E-state index in [9.17, 15) is 24.9 Å². The molecule has 11 nitrogen and oxygen atoms in total. The fraction of sp³-hybridized carbons (Fsp3) is 0.444. The van der Waals surface area contributed by atoms with Crippen molar-refractivity contribution in [3.63, 3.8) is 0 Å². The molecule has 3 unspecified atom stereocenters. The molecule has 0 spiro atoms. The van der Waals surface area contributed by atoms with Crippen LogP contribution in [0.1, 0.15) is 12.5 Å². The first-order chi connectivity index (χ1) is 13.8. The third kappa shape index (κ3) is 3.98. The van der Waals surface area contributed by atoms with Gasteiger partial charge in [-0.05, 0) is 25.5 Å². The smallest absolute Gasteiger partial charge is 0.349 e. The van der Waals surface area contributed by atoms with E-state index in [2.05, 4.69) is 9.97 Å². The van der Waals surface area contributed by atoms with E-state index in [-0.39, 0.29) is 18.1 Å². The maximum Gasteiger partial charge on any atom is 0.349 e. The molecule has 0 radical (unpaired) electrons. The van der Waals surface area contributed by atoms with Gasteiger partial charge in [0.2, 0.25) is 0 Å². The number of aliphatic hydroxyl groups is 4. The molecule has 2 aliphatic rings. The topological polar surface area (TPSA) is 171 Å². The number of fused-ring (bicyclic) bond motifs is 2. The lowest BCUT2D eigenvalue weighted by molar-refractivity contribution is -0.0802. The van der Waals surface area contributed by atoms with Crippen LogP contribution in [0.25, 0.3) is 22.6 Å². The van der Waals surface area contributed by atoms with Crippen molar-refractivity contribution in [3.05, 3.63) is 38.5 Å². The number of aliphatic hydroxyl groups excluding tert-OH is 4. The van der Waals surface area contributed by atoms with Gasteiger partial charge in [0.25, 0.3) is 5.56 Å². The standard InChI is InChI=1S/C18H22N4O7/c1-3-29-13-5-10-9(4-8(13)2)19-14-16(20-18(28)21-17(14)27)22(10)6-11(24)15(26)12(25)7-23/h4-5,11-12,15,23-26H,3,6-7H2,1-2H3,(H,21,27,28). The summed E-state index contributed by atoms with van der Waals surface area (Å²) < 4.78 is 6.95. The van der Waals surface area contributed by atoms with Crippen LogP contribution in [0.2, 0.25) is 0 Å². The molecule has 5 N–H and O–H groups in total. The zero-order valence-corrected chi connectivity index (χ0v) is 15.9. The van der Waals surface area contributed by atoms with Crippen molar-refractivity contribution in [1.82, 2.24) is 19.5 Å². The second-order valence-corrected chi connectivity index (χ2v) is 6.61. The molecular formula is C18H22N4O7. The van der Waals surface area contributed by atoms with Crippen molar-refractivity contribution in [2.24, 2.45) is 0 Å². The zero-order chi connectivity index (χ0) is 21.3. The van der Waals surface area contributed by atoms with E-state index < -0.39 is 36.2 Å². The van der Waals surface area contributed by atoms with Crippen LogP contribution in [0.3, 0.4) is 0 Å². The van der Waals surface area contributed by atoms with Gasteiger partial charge in [-0.2, -0.15) is 4.98 Å². The molecule has 3 rings (SSSR count). The number of rotatable bonds is 7. The van der Waals surface area contributed by atoms with E-state index in [1.165, 1.54) is 4.57 Å². The van der Waals surface area contributed by atoms with Gasteiger partial charge in [0.05, 0.1) is 30.8 Å². The second-order valence-electron chi connectivity index (χ2n) is 6.61. The van der Waals surface area contributed by atoms with Crippen LogP contribution in [0, 0.1) is 6.92 Å². The number of hydrogen-bond acceptors (Lipinski definition) is 9. The molecule has 0 bridgehead atoms. The number of nitrogens with zero attached hydrogens (tertiary/aromatic N) is 3. The number of ether oxygens (including phenoxy) is 1. The largest absolute Gasteiger partial charge is 0.494 e. The first-order valence-electron chi connectivity index (χ1n) is 8.99.